The lowest BCUT2D eigenvalue weighted by Gasteiger charge is -2.38. The van der Waals surface area contributed by atoms with Crippen LogP contribution in [0.3, 0.4) is 0 Å². The third kappa shape index (κ3) is 5.03. The number of hydrogen-bond donors (Lipinski definition) is 1. The average Bonchev–Trinajstić information content (AvgIpc) is 2.88. The zero-order valence-electron chi connectivity index (χ0n) is 19.5. The fourth-order valence-electron chi connectivity index (χ4n) is 5.84. The van der Waals surface area contributed by atoms with Gasteiger partial charge in [0, 0.05) is 50.9 Å². The van der Waals surface area contributed by atoms with Crippen molar-refractivity contribution in [2.75, 3.05) is 13.1 Å². The van der Waals surface area contributed by atoms with Gasteiger partial charge in [-0.2, -0.15) is 0 Å². The molecular formula is C26H35N5O2. The molecule has 2 aliphatic heterocycles. The summed E-state index contributed by atoms with van der Waals surface area (Å²) >= 11 is 0. The van der Waals surface area contributed by atoms with Crippen molar-refractivity contribution in [2.45, 2.75) is 89.3 Å². The Labute approximate surface area is 195 Å². The SMILES string of the molecule is O=C(CCc1ccncc1)N1CCCCC1c1nc2c(c(=O)[nH]1)CN(C1CCCCC1)CC2. The predicted octanol–water partition coefficient (Wildman–Crippen LogP) is 3.54. The van der Waals surface area contributed by atoms with Crippen molar-refractivity contribution < 1.29 is 4.79 Å². The van der Waals surface area contributed by atoms with E-state index in [1.165, 1.54) is 32.1 Å². The van der Waals surface area contributed by atoms with Gasteiger partial charge >= 0.3 is 0 Å². The topological polar surface area (TPSA) is 82.2 Å². The molecule has 1 saturated heterocycles. The molecule has 2 aromatic rings. The van der Waals surface area contributed by atoms with E-state index in [0.717, 1.165) is 55.6 Å². The highest BCUT2D eigenvalue weighted by atomic mass is 16.2. The van der Waals surface area contributed by atoms with Gasteiger partial charge in [-0.3, -0.25) is 19.5 Å². The third-order valence-electron chi connectivity index (χ3n) is 7.72. The molecule has 4 heterocycles. The molecule has 0 radical (unpaired) electrons. The number of pyridine rings is 1. The lowest BCUT2D eigenvalue weighted by Crippen LogP contribution is -2.44. The summed E-state index contributed by atoms with van der Waals surface area (Å²) < 4.78 is 0. The van der Waals surface area contributed by atoms with Crippen LogP contribution in [-0.2, 0) is 24.2 Å². The number of hydrogen-bond acceptors (Lipinski definition) is 5. The molecule has 0 bridgehead atoms. The Morgan fingerprint density at radius 2 is 1.82 bits per heavy atom. The van der Waals surface area contributed by atoms with Crippen LogP contribution < -0.4 is 5.56 Å². The van der Waals surface area contributed by atoms with Crippen molar-refractivity contribution in [3.8, 4) is 0 Å². The largest absolute Gasteiger partial charge is 0.333 e. The summed E-state index contributed by atoms with van der Waals surface area (Å²) in [6, 6.07) is 4.40. The second-order valence-corrected chi connectivity index (χ2v) is 9.84. The molecule has 1 N–H and O–H groups in total. The first-order valence-corrected chi connectivity index (χ1v) is 12.7. The van der Waals surface area contributed by atoms with Crippen LogP contribution in [0.4, 0.5) is 0 Å². The van der Waals surface area contributed by atoms with Gasteiger partial charge in [0.1, 0.15) is 5.82 Å². The summed E-state index contributed by atoms with van der Waals surface area (Å²) in [6.07, 6.45) is 14.9. The summed E-state index contributed by atoms with van der Waals surface area (Å²) in [5, 5.41) is 0. The minimum atomic E-state index is -0.127. The molecule has 2 fully saturated rings. The first-order valence-electron chi connectivity index (χ1n) is 12.7. The molecular weight excluding hydrogens is 414 g/mol. The van der Waals surface area contributed by atoms with Crippen LogP contribution in [0.25, 0.3) is 0 Å². The van der Waals surface area contributed by atoms with Crippen LogP contribution >= 0.6 is 0 Å². The molecule has 1 saturated carbocycles. The van der Waals surface area contributed by atoms with Gasteiger partial charge in [0.2, 0.25) is 5.91 Å². The van der Waals surface area contributed by atoms with E-state index < -0.39 is 0 Å². The van der Waals surface area contributed by atoms with Gasteiger partial charge in [0.15, 0.2) is 0 Å². The first kappa shape index (κ1) is 22.3. The van der Waals surface area contributed by atoms with E-state index in [1.54, 1.807) is 12.4 Å². The van der Waals surface area contributed by atoms with Crippen LogP contribution in [0.5, 0.6) is 0 Å². The van der Waals surface area contributed by atoms with E-state index in [0.29, 0.717) is 31.3 Å². The van der Waals surface area contributed by atoms with E-state index in [4.69, 9.17) is 4.98 Å². The van der Waals surface area contributed by atoms with Gasteiger partial charge in [0.25, 0.3) is 5.56 Å². The van der Waals surface area contributed by atoms with Crippen molar-refractivity contribution in [3.05, 3.63) is 57.5 Å². The average molecular weight is 450 g/mol. The van der Waals surface area contributed by atoms with Crippen LogP contribution in [0.15, 0.2) is 29.3 Å². The van der Waals surface area contributed by atoms with Crippen molar-refractivity contribution in [1.29, 1.82) is 0 Å². The van der Waals surface area contributed by atoms with Crippen LogP contribution in [0.2, 0.25) is 0 Å². The number of aromatic nitrogens is 3. The van der Waals surface area contributed by atoms with Gasteiger partial charge in [-0.25, -0.2) is 4.98 Å². The Morgan fingerprint density at radius 3 is 2.64 bits per heavy atom. The molecule has 1 unspecified atom stereocenters. The standard InChI is InChI=1S/C26H35N5O2/c32-24(10-9-19-11-14-27-15-12-19)31-16-5-4-8-23(31)25-28-22-13-17-30(18-21(22)26(33)29-25)20-6-2-1-3-7-20/h11-12,14-15,20,23H,1-10,13,16-18H2,(H,28,29,33). The Morgan fingerprint density at radius 1 is 1.03 bits per heavy atom. The van der Waals surface area contributed by atoms with Crippen molar-refractivity contribution in [1.82, 2.24) is 24.8 Å². The number of aromatic amines is 1. The monoisotopic (exact) mass is 449 g/mol. The number of piperidine rings is 1. The zero-order chi connectivity index (χ0) is 22.6. The highest BCUT2D eigenvalue weighted by molar-refractivity contribution is 5.77. The van der Waals surface area contributed by atoms with Gasteiger partial charge in [-0.1, -0.05) is 19.3 Å². The molecule has 2 aromatic heterocycles. The number of rotatable bonds is 5. The zero-order valence-corrected chi connectivity index (χ0v) is 19.5. The lowest BCUT2D eigenvalue weighted by atomic mass is 9.92. The van der Waals surface area contributed by atoms with Crippen molar-refractivity contribution in [3.63, 3.8) is 0 Å². The number of fused-ring (bicyclic) bond motifs is 1. The van der Waals surface area contributed by atoms with Gasteiger partial charge in [-0.15, -0.1) is 0 Å². The number of H-pyrrole nitrogens is 1. The number of nitrogens with one attached hydrogen (secondary N) is 1. The summed E-state index contributed by atoms with van der Waals surface area (Å²) in [7, 11) is 0. The normalized spacial score (nSPS) is 22.2. The van der Waals surface area contributed by atoms with E-state index in [9.17, 15) is 9.59 Å². The molecule has 7 nitrogen and oxygen atoms in total. The van der Waals surface area contributed by atoms with Crippen LogP contribution in [0.1, 0.15) is 86.5 Å². The molecule has 33 heavy (non-hydrogen) atoms. The third-order valence-corrected chi connectivity index (χ3v) is 7.72. The van der Waals surface area contributed by atoms with Crippen LogP contribution in [-0.4, -0.2) is 49.8 Å². The maximum absolute atomic E-state index is 13.1. The summed E-state index contributed by atoms with van der Waals surface area (Å²) in [5.74, 6) is 0.821. The maximum atomic E-state index is 13.1. The molecule has 5 rings (SSSR count). The fourth-order valence-corrected chi connectivity index (χ4v) is 5.84. The van der Waals surface area contributed by atoms with Gasteiger partial charge < -0.3 is 9.88 Å². The number of carbonyl (C=O) groups excluding carboxylic acids is 1. The summed E-state index contributed by atoms with van der Waals surface area (Å²) in [6.45, 7) is 2.42. The molecule has 1 amide bonds. The first-order chi connectivity index (χ1) is 16.2. The number of amides is 1. The molecule has 0 spiro atoms. The predicted molar refractivity (Wildman–Crippen MR) is 127 cm³/mol. The summed E-state index contributed by atoms with van der Waals surface area (Å²) in [5.41, 5.74) is 2.89. The van der Waals surface area contributed by atoms with Gasteiger partial charge in [0.05, 0.1) is 17.3 Å². The molecule has 7 heteroatoms. The number of carbonyl (C=O) groups is 1. The second kappa shape index (κ2) is 10.2. The molecule has 176 valence electrons. The smallest absolute Gasteiger partial charge is 0.255 e. The minimum Gasteiger partial charge on any atom is -0.333 e. The molecule has 1 aliphatic carbocycles. The van der Waals surface area contributed by atoms with E-state index >= 15 is 0 Å². The molecule has 3 aliphatic rings. The number of aryl methyl sites for hydroxylation is 1. The summed E-state index contributed by atoms with van der Waals surface area (Å²) in [4.78, 5) is 42.8. The number of nitrogens with zero attached hydrogens (tertiary/aromatic N) is 4. The number of likely N-dealkylation sites (tertiary alicyclic amines) is 1. The van der Waals surface area contributed by atoms with Crippen molar-refractivity contribution in [2.24, 2.45) is 0 Å². The van der Waals surface area contributed by atoms with Gasteiger partial charge in [-0.05, 0) is 56.2 Å². The Hall–Kier alpha value is -2.54. The lowest BCUT2D eigenvalue weighted by molar-refractivity contribution is -0.135. The van der Waals surface area contributed by atoms with E-state index in [1.807, 2.05) is 17.0 Å². The van der Waals surface area contributed by atoms with E-state index in [2.05, 4.69) is 14.9 Å². The van der Waals surface area contributed by atoms with Crippen LogP contribution in [0, 0.1) is 0 Å². The Bertz CT molecular complexity index is 1020. The van der Waals surface area contributed by atoms with Crippen molar-refractivity contribution >= 4 is 5.91 Å². The highest BCUT2D eigenvalue weighted by Gasteiger charge is 2.32. The Balaban J connectivity index is 1.31. The van der Waals surface area contributed by atoms with E-state index in [-0.39, 0.29) is 17.5 Å². The minimum absolute atomic E-state index is 0.00901. The Kier molecular flexibility index (Phi) is 6.85. The highest BCUT2D eigenvalue weighted by Crippen LogP contribution is 2.31. The molecule has 0 aromatic carbocycles. The fraction of sp³-hybridized carbons (Fsp3) is 0.615. The second-order valence-electron chi connectivity index (χ2n) is 9.84. The molecule has 1 atom stereocenters. The quantitative estimate of drug-likeness (QED) is 0.755. The maximum Gasteiger partial charge on any atom is 0.255 e.